The van der Waals surface area contributed by atoms with Crippen molar-refractivity contribution in [3.63, 3.8) is 0 Å². The van der Waals surface area contributed by atoms with Crippen molar-refractivity contribution in [2.45, 2.75) is 46.1 Å². The second-order valence-corrected chi connectivity index (χ2v) is 5.00. The maximum absolute atomic E-state index is 5.72. The van der Waals surface area contributed by atoms with Gasteiger partial charge in [-0.15, -0.1) is 0 Å². The van der Waals surface area contributed by atoms with Crippen LogP contribution in [0.15, 0.2) is 31.1 Å². The Morgan fingerprint density at radius 2 is 2.12 bits per heavy atom. The van der Waals surface area contributed by atoms with E-state index in [9.17, 15) is 0 Å². The van der Waals surface area contributed by atoms with Gasteiger partial charge in [0.15, 0.2) is 18.4 Å². The van der Waals surface area contributed by atoms with E-state index in [1.807, 2.05) is 12.1 Å². The number of pyridine rings is 1. The van der Waals surface area contributed by atoms with Crippen LogP contribution in [0, 0.1) is 5.92 Å². The van der Waals surface area contributed by atoms with Gasteiger partial charge in [0.1, 0.15) is 0 Å². The molecule has 17 heavy (non-hydrogen) atoms. The van der Waals surface area contributed by atoms with E-state index in [0.717, 1.165) is 11.5 Å². The number of hydrogen-bond acceptors (Lipinski definition) is 1. The second kappa shape index (κ2) is 6.43. The zero-order chi connectivity index (χ0) is 12.8. The minimum absolute atomic E-state index is 0.517. The molecule has 2 heteroatoms. The summed E-state index contributed by atoms with van der Waals surface area (Å²) in [7, 11) is 0. The van der Waals surface area contributed by atoms with Gasteiger partial charge in [-0.3, -0.25) is 0 Å². The predicted molar refractivity (Wildman–Crippen MR) is 73.3 cm³/mol. The molecule has 2 atom stereocenters. The molecule has 0 aromatic carbocycles. The first-order chi connectivity index (χ1) is 8.04. The van der Waals surface area contributed by atoms with Crippen LogP contribution < -0.4 is 10.3 Å². The lowest BCUT2D eigenvalue weighted by atomic mass is 10.00. The highest BCUT2D eigenvalue weighted by molar-refractivity contribution is 5.58. The molecule has 0 aliphatic carbocycles. The molecule has 0 saturated heterocycles. The van der Waals surface area contributed by atoms with Gasteiger partial charge < -0.3 is 5.73 Å². The summed E-state index contributed by atoms with van der Waals surface area (Å²) < 4.78 is 2.23. The van der Waals surface area contributed by atoms with Crippen LogP contribution >= 0.6 is 0 Å². The monoisotopic (exact) mass is 233 g/mol. The molecule has 0 amide bonds. The molecule has 0 bridgehead atoms. The van der Waals surface area contributed by atoms with Crippen molar-refractivity contribution < 1.29 is 4.57 Å². The van der Waals surface area contributed by atoms with E-state index in [0.29, 0.717) is 11.7 Å². The Morgan fingerprint density at radius 1 is 1.41 bits per heavy atom. The summed E-state index contributed by atoms with van der Waals surface area (Å²) in [5, 5.41) is 0. The first-order valence-corrected chi connectivity index (χ1v) is 6.50. The zero-order valence-corrected chi connectivity index (χ0v) is 11.3. The molecule has 0 radical (unpaired) electrons. The van der Waals surface area contributed by atoms with Crippen LogP contribution in [-0.4, -0.2) is 0 Å². The molecule has 1 rings (SSSR count). The highest BCUT2D eigenvalue weighted by atomic mass is 15.0. The molecule has 2 N–H and O–H groups in total. The van der Waals surface area contributed by atoms with Crippen molar-refractivity contribution in [2.24, 2.45) is 11.7 Å². The normalized spacial score (nSPS) is 14.3. The van der Waals surface area contributed by atoms with Gasteiger partial charge >= 0.3 is 0 Å². The Balaban J connectivity index is 2.65. The highest BCUT2D eigenvalue weighted by Gasteiger charge is 2.14. The fourth-order valence-electron chi connectivity index (χ4n) is 1.84. The van der Waals surface area contributed by atoms with Crippen molar-refractivity contribution in [1.82, 2.24) is 0 Å². The van der Waals surface area contributed by atoms with Gasteiger partial charge in [-0.1, -0.05) is 26.8 Å². The topological polar surface area (TPSA) is 29.9 Å². The molecule has 1 aromatic heterocycles. The van der Waals surface area contributed by atoms with Crippen molar-refractivity contribution in [3.05, 3.63) is 36.7 Å². The molecule has 0 saturated carbocycles. The molecule has 1 aromatic rings. The summed E-state index contributed by atoms with van der Waals surface area (Å²) in [6.45, 7) is 10.6. The molecular formula is C15H25N2+. The molecular weight excluding hydrogens is 208 g/mol. The quantitative estimate of drug-likeness (QED) is 0.751. The lowest BCUT2D eigenvalue weighted by Crippen LogP contribution is -2.37. The number of aromatic nitrogens is 1. The van der Waals surface area contributed by atoms with Gasteiger partial charge in [0.05, 0.1) is 5.56 Å². The summed E-state index contributed by atoms with van der Waals surface area (Å²) in [4.78, 5) is 0. The lowest BCUT2D eigenvalue weighted by Gasteiger charge is -2.11. The van der Waals surface area contributed by atoms with E-state index in [4.69, 9.17) is 5.73 Å². The zero-order valence-electron chi connectivity index (χ0n) is 11.3. The molecule has 0 fully saturated rings. The summed E-state index contributed by atoms with van der Waals surface area (Å²) in [6.07, 6.45) is 7.94. The van der Waals surface area contributed by atoms with E-state index in [1.54, 1.807) is 0 Å². The van der Waals surface area contributed by atoms with Gasteiger partial charge in [0, 0.05) is 18.2 Å². The molecule has 1 heterocycles. The average molecular weight is 233 g/mol. The first-order valence-electron chi connectivity index (χ1n) is 6.50. The van der Waals surface area contributed by atoms with Crippen molar-refractivity contribution in [1.29, 1.82) is 0 Å². The first kappa shape index (κ1) is 13.8. The number of hydrogen-bond donors (Lipinski definition) is 1. The van der Waals surface area contributed by atoms with Crippen molar-refractivity contribution in [2.75, 3.05) is 0 Å². The summed E-state index contributed by atoms with van der Waals surface area (Å²) in [6, 6.07) is 4.55. The largest absolute Gasteiger partial charge is 0.399 e. The second-order valence-electron chi connectivity index (χ2n) is 5.00. The molecule has 2 unspecified atom stereocenters. The van der Waals surface area contributed by atoms with E-state index in [2.05, 4.69) is 44.3 Å². The Hall–Kier alpha value is -1.31. The van der Waals surface area contributed by atoms with E-state index >= 15 is 0 Å². The standard InChI is InChI=1S/C15H25N2/c1-5-12(2)8-9-13(3)17-10-6-7-15(11-17)14(4)16/h6-7,10-13H,4-5,8-9,16H2,1-3H3/q+1. The number of nitrogens with zero attached hydrogens (tertiary/aromatic N) is 1. The third-order valence-electron chi connectivity index (χ3n) is 3.48. The summed E-state index contributed by atoms with van der Waals surface area (Å²) >= 11 is 0. The average Bonchev–Trinajstić information content (AvgIpc) is 2.35. The fraction of sp³-hybridized carbons (Fsp3) is 0.533. The highest BCUT2D eigenvalue weighted by Crippen LogP contribution is 2.15. The van der Waals surface area contributed by atoms with E-state index < -0.39 is 0 Å². The third kappa shape index (κ3) is 4.22. The minimum Gasteiger partial charge on any atom is -0.399 e. The predicted octanol–water partition coefficient (Wildman–Crippen LogP) is 3.29. The summed E-state index contributed by atoms with van der Waals surface area (Å²) in [5.41, 5.74) is 7.37. The molecule has 0 spiro atoms. The number of nitrogens with two attached hydrogens (primary N) is 1. The molecule has 0 aliphatic rings. The van der Waals surface area contributed by atoms with Gasteiger partial charge in [0.2, 0.25) is 0 Å². The fourth-order valence-corrected chi connectivity index (χ4v) is 1.84. The van der Waals surface area contributed by atoms with E-state index in [1.165, 1.54) is 19.3 Å². The Kier molecular flexibility index (Phi) is 5.20. The maximum Gasteiger partial charge on any atom is 0.178 e. The Bertz CT molecular complexity index is 371. The van der Waals surface area contributed by atoms with Crippen LogP contribution in [-0.2, 0) is 0 Å². The molecule has 94 valence electrons. The molecule has 2 nitrogen and oxygen atoms in total. The van der Waals surface area contributed by atoms with Crippen LogP contribution in [0.2, 0.25) is 0 Å². The smallest absolute Gasteiger partial charge is 0.178 e. The van der Waals surface area contributed by atoms with Crippen LogP contribution in [0.4, 0.5) is 0 Å². The summed E-state index contributed by atoms with van der Waals surface area (Å²) in [5.74, 6) is 0.811. The van der Waals surface area contributed by atoms with E-state index in [-0.39, 0.29) is 0 Å². The maximum atomic E-state index is 5.72. The minimum atomic E-state index is 0.517. The number of rotatable bonds is 6. The van der Waals surface area contributed by atoms with Crippen LogP contribution in [0.1, 0.15) is 51.6 Å². The van der Waals surface area contributed by atoms with Gasteiger partial charge in [0.25, 0.3) is 0 Å². The van der Waals surface area contributed by atoms with Crippen molar-refractivity contribution in [3.8, 4) is 0 Å². The Morgan fingerprint density at radius 3 is 2.71 bits per heavy atom. The van der Waals surface area contributed by atoms with Crippen LogP contribution in [0.3, 0.4) is 0 Å². The Labute approximate surface area is 105 Å². The molecule has 0 aliphatic heterocycles. The van der Waals surface area contributed by atoms with Gasteiger partial charge in [-0.25, -0.2) is 4.57 Å². The SMILES string of the molecule is C=C(N)c1ccc[n+](C(C)CCC(C)CC)c1. The van der Waals surface area contributed by atoms with Gasteiger partial charge in [-0.05, 0) is 25.3 Å². The third-order valence-corrected chi connectivity index (χ3v) is 3.48. The van der Waals surface area contributed by atoms with Crippen LogP contribution in [0.25, 0.3) is 5.70 Å². The van der Waals surface area contributed by atoms with Crippen molar-refractivity contribution >= 4 is 5.70 Å². The van der Waals surface area contributed by atoms with Gasteiger partial charge in [-0.2, -0.15) is 0 Å². The lowest BCUT2D eigenvalue weighted by molar-refractivity contribution is -0.720. The van der Waals surface area contributed by atoms with Crippen LogP contribution in [0.5, 0.6) is 0 Å².